The molecule has 5 atom stereocenters. The van der Waals surface area contributed by atoms with Gasteiger partial charge in [-0.25, -0.2) is 0 Å². The largest absolute Gasteiger partial charge is 0.504 e. The topological polar surface area (TPSA) is 70.0 Å². The standard InChI is InChI=1S/C17H17NO4/c1-18-7-6-17-9-3-5-11(20)16(17)22-15-10(19)4-2-8(12(15)17)14(21)13(9)18/h2-5,9,11,13,16,19-20H,6-7H2,1H3/t9-,11+,13+,16-,17-/m1/s1. The Bertz CT molecular complexity index is 742. The Morgan fingerprint density at radius 2 is 2.18 bits per heavy atom. The summed E-state index contributed by atoms with van der Waals surface area (Å²) in [5.41, 5.74) is 1.06. The smallest absolute Gasteiger partial charge is 0.181 e. The van der Waals surface area contributed by atoms with E-state index in [4.69, 9.17) is 4.74 Å². The molecule has 1 spiro atoms. The van der Waals surface area contributed by atoms with E-state index in [1.807, 2.05) is 13.1 Å². The van der Waals surface area contributed by atoms with Gasteiger partial charge in [-0.2, -0.15) is 0 Å². The van der Waals surface area contributed by atoms with Gasteiger partial charge in [0.25, 0.3) is 0 Å². The van der Waals surface area contributed by atoms with Crippen molar-refractivity contribution < 1.29 is 19.7 Å². The number of hydrogen-bond donors (Lipinski definition) is 2. The third-order valence-corrected chi connectivity index (χ3v) is 6.00. The van der Waals surface area contributed by atoms with Crippen molar-refractivity contribution in [2.24, 2.45) is 5.92 Å². The van der Waals surface area contributed by atoms with E-state index in [9.17, 15) is 15.0 Å². The first-order chi connectivity index (χ1) is 10.6. The number of hydrogen-bond acceptors (Lipinski definition) is 5. The lowest BCUT2D eigenvalue weighted by Crippen LogP contribution is -2.66. The Hall–Kier alpha value is -1.85. The van der Waals surface area contributed by atoms with Crippen LogP contribution in [0.1, 0.15) is 22.3 Å². The van der Waals surface area contributed by atoms with Gasteiger partial charge in [-0.1, -0.05) is 12.2 Å². The maximum atomic E-state index is 13.0. The highest BCUT2D eigenvalue weighted by Crippen LogP contribution is 2.62. The van der Waals surface area contributed by atoms with E-state index < -0.39 is 17.6 Å². The fraction of sp³-hybridized carbons (Fsp3) is 0.471. The number of aliphatic hydroxyl groups is 1. The molecule has 1 fully saturated rings. The van der Waals surface area contributed by atoms with E-state index in [2.05, 4.69) is 4.90 Å². The molecule has 0 unspecified atom stereocenters. The lowest BCUT2D eigenvalue weighted by Gasteiger charge is -2.55. The number of carbonyl (C=O) groups is 1. The van der Waals surface area contributed by atoms with Crippen LogP contribution in [0.25, 0.3) is 0 Å². The second kappa shape index (κ2) is 3.73. The third kappa shape index (κ3) is 1.15. The summed E-state index contributed by atoms with van der Waals surface area (Å²) in [6, 6.07) is 3.01. The van der Waals surface area contributed by atoms with Crippen LogP contribution in [0.15, 0.2) is 24.3 Å². The van der Waals surface area contributed by atoms with Crippen LogP contribution in [0, 0.1) is 5.92 Å². The van der Waals surface area contributed by atoms with Crippen LogP contribution in [0.4, 0.5) is 0 Å². The molecular weight excluding hydrogens is 282 g/mol. The van der Waals surface area contributed by atoms with Gasteiger partial charge in [-0.3, -0.25) is 9.69 Å². The van der Waals surface area contributed by atoms with Gasteiger partial charge in [0.05, 0.1) is 6.04 Å². The monoisotopic (exact) mass is 299 g/mol. The Labute approximate surface area is 127 Å². The molecule has 0 amide bonds. The minimum Gasteiger partial charge on any atom is -0.504 e. The van der Waals surface area contributed by atoms with E-state index in [1.54, 1.807) is 12.1 Å². The summed E-state index contributed by atoms with van der Waals surface area (Å²) in [5, 5.41) is 20.6. The number of benzene rings is 1. The molecule has 5 rings (SSSR count). The van der Waals surface area contributed by atoms with Gasteiger partial charge in [0, 0.05) is 22.5 Å². The van der Waals surface area contributed by atoms with Crippen molar-refractivity contribution in [1.82, 2.24) is 4.90 Å². The lowest BCUT2D eigenvalue weighted by atomic mass is 9.53. The number of Topliss-reactive ketones (excluding diaryl/α,β-unsaturated/α-hetero) is 1. The van der Waals surface area contributed by atoms with E-state index in [-0.39, 0.29) is 23.5 Å². The Kier molecular flexibility index (Phi) is 2.15. The van der Waals surface area contributed by atoms with Gasteiger partial charge in [0.15, 0.2) is 17.3 Å². The van der Waals surface area contributed by atoms with Crippen LogP contribution >= 0.6 is 0 Å². The van der Waals surface area contributed by atoms with Crippen molar-refractivity contribution in [2.75, 3.05) is 13.6 Å². The zero-order valence-corrected chi connectivity index (χ0v) is 12.2. The SMILES string of the molecule is CN1CC[C@@]23c4c5ccc(O)c4O[C@@H]2[C@@H](O)C=C[C@@H]3[C@H]1C5=O. The lowest BCUT2D eigenvalue weighted by molar-refractivity contribution is -0.0386. The number of aliphatic hydroxyl groups excluding tert-OH is 1. The predicted molar refractivity (Wildman–Crippen MR) is 78.2 cm³/mol. The molecule has 0 saturated carbocycles. The third-order valence-electron chi connectivity index (χ3n) is 6.00. The Morgan fingerprint density at radius 3 is 3.00 bits per heavy atom. The summed E-state index contributed by atoms with van der Waals surface area (Å²) in [4.78, 5) is 15.1. The summed E-state index contributed by atoms with van der Waals surface area (Å²) in [6.07, 6.45) is 3.39. The van der Waals surface area contributed by atoms with Crippen LogP contribution in [0.2, 0.25) is 0 Å². The van der Waals surface area contributed by atoms with Crippen LogP contribution in [0.3, 0.4) is 0 Å². The minimum absolute atomic E-state index is 0.0114. The van der Waals surface area contributed by atoms with E-state index in [1.165, 1.54) is 6.07 Å². The molecule has 5 heteroatoms. The number of ether oxygens (including phenoxy) is 1. The van der Waals surface area contributed by atoms with Gasteiger partial charge in [-0.15, -0.1) is 0 Å². The summed E-state index contributed by atoms with van der Waals surface area (Å²) < 4.78 is 5.98. The number of carbonyl (C=O) groups excluding carboxylic acids is 1. The molecule has 2 aliphatic carbocycles. The van der Waals surface area contributed by atoms with E-state index in [0.29, 0.717) is 11.3 Å². The van der Waals surface area contributed by atoms with Crippen molar-refractivity contribution in [3.8, 4) is 11.5 Å². The number of phenols is 1. The van der Waals surface area contributed by atoms with E-state index in [0.717, 1.165) is 18.5 Å². The van der Waals surface area contributed by atoms with Crippen molar-refractivity contribution in [1.29, 1.82) is 0 Å². The molecule has 5 nitrogen and oxygen atoms in total. The molecule has 1 aromatic carbocycles. The summed E-state index contributed by atoms with van der Waals surface area (Å²) in [6.45, 7) is 0.780. The Morgan fingerprint density at radius 1 is 1.36 bits per heavy atom. The Balaban J connectivity index is 1.89. The molecule has 2 aliphatic heterocycles. The molecule has 2 heterocycles. The number of piperidine rings is 1. The van der Waals surface area contributed by atoms with Crippen LogP contribution in [0.5, 0.6) is 11.5 Å². The highest BCUT2D eigenvalue weighted by Gasteiger charge is 2.66. The predicted octanol–water partition coefficient (Wildman–Crippen LogP) is 0.838. The molecule has 2 N–H and O–H groups in total. The average Bonchev–Trinajstić information content (AvgIpc) is 2.85. The van der Waals surface area contributed by atoms with Crippen LogP contribution in [-0.2, 0) is 5.41 Å². The highest BCUT2D eigenvalue weighted by atomic mass is 16.5. The number of nitrogens with zero attached hydrogens (tertiary/aromatic N) is 1. The van der Waals surface area contributed by atoms with Gasteiger partial charge in [-0.05, 0) is 32.1 Å². The molecule has 2 bridgehead atoms. The second-order valence-electron chi connectivity index (χ2n) is 6.86. The zero-order chi connectivity index (χ0) is 15.2. The fourth-order valence-corrected chi connectivity index (χ4v) is 5.09. The first kappa shape index (κ1) is 12.7. The van der Waals surface area contributed by atoms with Gasteiger partial charge in [0.2, 0.25) is 0 Å². The van der Waals surface area contributed by atoms with Crippen LogP contribution < -0.4 is 4.74 Å². The van der Waals surface area contributed by atoms with Gasteiger partial charge >= 0.3 is 0 Å². The zero-order valence-electron chi connectivity index (χ0n) is 12.2. The van der Waals surface area contributed by atoms with Crippen molar-refractivity contribution in [3.05, 3.63) is 35.4 Å². The average molecular weight is 299 g/mol. The van der Waals surface area contributed by atoms with Crippen molar-refractivity contribution in [2.45, 2.75) is 30.1 Å². The maximum absolute atomic E-state index is 13.0. The second-order valence-corrected chi connectivity index (χ2v) is 6.86. The molecule has 0 aromatic heterocycles. The van der Waals surface area contributed by atoms with E-state index >= 15 is 0 Å². The summed E-state index contributed by atoms with van der Waals surface area (Å²) in [5.74, 6) is 0.525. The summed E-state index contributed by atoms with van der Waals surface area (Å²) >= 11 is 0. The number of likely N-dealkylation sites (N-methyl/N-ethyl adjacent to an activating group) is 1. The first-order valence-corrected chi connectivity index (χ1v) is 7.69. The number of aromatic hydroxyl groups is 1. The van der Waals surface area contributed by atoms with Gasteiger partial charge in [0.1, 0.15) is 12.2 Å². The normalized spacial score (nSPS) is 41.3. The highest BCUT2D eigenvalue weighted by molar-refractivity contribution is 6.05. The first-order valence-electron chi connectivity index (χ1n) is 7.69. The maximum Gasteiger partial charge on any atom is 0.181 e. The van der Waals surface area contributed by atoms with Crippen molar-refractivity contribution >= 4 is 5.78 Å². The molecule has 4 aliphatic rings. The number of phenolic OH excluding ortho intramolecular Hbond substituents is 1. The molecule has 0 radical (unpaired) electrons. The number of rotatable bonds is 0. The molecule has 1 aromatic rings. The molecular formula is C17H17NO4. The molecule has 114 valence electrons. The molecule has 22 heavy (non-hydrogen) atoms. The number of ketones is 1. The van der Waals surface area contributed by atoms with Crippen molar-refractivity contribution in [3.63, 3.8) is 0 Å². The molecule has 1 saturated heterocycles. The quantitative estimate of drug-likeness (QED) is 0.695. The number of likely N-dealkylation sites (tertiary alicyclic amines) is 1. The van der Waals surface area contributed by atoms with Crippen LogP contribution in [-0.4, -0.2) is 52.7 Å². The minimum atomic E-state index is -0.715. The summed E-state index contributed by atoms with van der Waals surface area (Å²) in [7, 11) is 1.98. The van der Waals surface area contributed by atoms with Gasteiger partial charge < -0.3 is 14.9 Å². The fourth-order valence-electron chi connectivity index (χ4n) is 5.09.